The van der Waals surface area contributed by atoms with Crippen LogP contribution in [0.25, 0.3) is 11.8 Å². The number of carbonyl (C=O) groups is 1. The molecule has 2 aliphatic rings. The summed E-state index contributed by atoms with van der Waals surface area (Å²) in [4.78, 5) is 20.9. The number of amidine groups is 1. The molecule has 2 atom stereocenters. The van der Waals surface area contributed by atoms with Crippen LogP contribution in [0.5, 0.6) is 5.75 Å². The topological polar surface area (TPSA) is 71.4 Å². The maximum absolute atomic E-state index is 13.5. The fraction of sp³-hybridized carbons (Fsp3) is 0.172. The molecule has 5 rings (SSSR count). The molecule has 6 nitrogen and oxygen atoms in total. The number of ether oxygens (including phenoxy) is 2. The zero-order valence-electron chi connectivity index (χ0n) is 20.0. The standard InChI is InChI=1S/C29H26N2O4S/c1-3-35-28(33)24-25(20-14-16-22(34-2)17-15-20)30-29-31(26(24)21-12-8-5-9-13-21)27(32)23(36-29)18-19-10-6-4-7-11-19/h4-18,26-27,32H,3H2,1-2H3/b23-18+. The molecule has 0 aromatic heterocycles. The third-order valence-corrected chi connectivity index (χ3v) is 7.09. The average molecular weight is 499 g/mol. The predicted octanol–water partition coefficient (Wildman–Crippen LogP) is 5.49. The Bertz CT molecular complexity index is 1330. The summed E-state index contributed by atoms with van der Waals surface area (Å²) in [5.74, 6) is 0.248. The van der Waals surface area contributed by atoms with Crippen LogP contribution < -0.4 is 4.74 Å². The summed E-state index contributed by atoms with van der Waals surface area (Å²) in [5, 5.41) is 12.1. The first-order chi connectivity index (χ1) is 17.6. The molecule has 1 N–H and O–H groups in total. The summed E-state index contributed by atoms with van der Waals surface area (Å²) in [6.07, 6.45) is 0.982. The zero-order valence-corrected chi connectivity index (χ0v) is 20.8. The molecule has 7 heteroatoms. The highest BCUT2D eigenvalue weighted by atomic mass is 32.2. The van der Waals surface area contributed by atoms with Gasteiger partial charge in [-0.25, -0.2) is 9.79 Å². The van der Waals surface area contributed by atoms with Crippen molar-refractivity contribution in [1.82, 2.24) is 4.90 Å². The fourth-order valence-corrected chi connectivity index (χ4v) is 5.45. The quantitative estimate of drug-likeness (QED) is 0.453. The van der Waals surface area contributed by atoms with Crippen LogP contribution in [-0.2, 0) is 9.53 Å². The van der Waals surface area contributed by atoms with Crippen molar-refractivity contribution in [3.8, 4) is 5.75 Å². The van der Waals surface area contributed by atoms with E-state index in [1.165, 1.54) is 11.8 Å². The monoisotopic (exact) mass is 498 g/mol. The maximum atomic E-state index is 13.5. The highest BCUT2D eigenvalue weighted by Gasteiger charge is 2.46. The third kappa shape index (κ3) is 4.55. The van der Waals surface area contributed by atoms with Crippen molar-refractivity contribution < 1.29 is 19.4 Å². The molecule has 2 unspecified atom stereocenters. The highest BCUT2D eigenvalue weighted by Crippen LogP contribution is 2.49. The molecule has 0 aliphatic carbocycles. The lowest BCUT2D eigenvalue weighted by molar-refractivity contribution is -0.139. The summed E-state index contributed by atoms with van der Waals surface area (Å²) in [7, 11) is 1.61. The van der Waals surface area contributed by atoms with Gasteiger partial charge in [-0.2, -0.15) is 0 Å². The van der Waals surface area contributed by atoms with Crippen molar-refractivity contribution in [3.05, 3.63) is 112 Å². The summed E-state index contributed by atoms with van der Waals surface area (Å²) < 4.78 is 10.8. The van der Waals surface area contributed by atoms with Crippen LogP contribution in [0.15, 0.2) is 100 Å². The molecule has 3 aromatic carbocycles. The van der Waals surface area contributed by atoms with Gasteiger partial charge in [0, 0.05) is 10.5 Å². The second-order valence-corrected chi connectivity index (χ2v) is 9.30. The van der Waals surface area contributed by atoms with E-state index in [-0.39, 0.29) is 6.61 Å². The van der Waals surface area contributed by atoms with Gasteiger partial charge < -0.3 is 19.5 Å². The molecule has 0 bridgehead atoms. The van der Waals surface area contributed by atoms with Crippen LogP contribution in [0.2, 0.25) is 0 Å². The Balaban J connectivity index is 1.69. The number of esters is 1. The Kier molecular flexibility index (Phi) is 6.93. The molecule has 2 aliphatic heterocycles. The Morgan fingerprint density at radius 1 is 1.03 bits per heavy atom. The predicted molar refractivity (Wildman–Crippen MR) is 143 cm³/mol. The number of fused-ring (bicyclic) bond motifs is 1. The Morgan fingerprint density at radius 3 is 2.33 bits per heavy atom. The van der Waals surface area contributed by atoms with E-state index in [0.717, 1.165) is 21.6 Å². The van der Waals surface area contributed by atoms with E-state index in [4.69, 9.17) is 14.5 Å². The molecular weight excluding hydrogens is 472 g/mol. The molecule has 0 radical (unpaired) electrons. The van der Waals surface area contributed by atoms with Crippen molar-refractivity contribution in [2.24, 2.45) is 4.99 Å². The van der Waals surface area contributed by atoms with Gasteiger partial charge in [-0.15, -0.1) is 0 Å². The molecule has 1 fully saturated rings. The fourth-order valence-electron chi connectivity index (χ4n) is 4.38. The van der Waals surface area contributed by atoms with Gasteiger partial charge >= 0.3 is 5.97 Å². The van der Waals surface area contributed by atoms with Gasteiger partial charge in [-0.1, -0.05) is 72.4 Å². The SMILES string of the molecule is CCOC(=O)C1=C(c2ccc(OC)cc2)N=C2S/C(=C/c3ccccc3)C(O)N2C1c1ccccc1. The number of methoxy groups -OCH3 is 1. The lowest BCUT2D eigenvalue weighted by atomic mass is 9.91. The van der Waals surface area contributed by atoms with E-state index in [1.807, 2.05) is 91.0 Å². The van der Waals surface area contributed by atoms with E-state index < -0.39 is 18.2 Å². The van der Waals surface area contributed by atoms with Crippen LogP contribution in [0, 0.1) is 0 Å². The molecule has 36 heavy (non-hydrogen) atoms. The van der Waals surface area contributed by atoms with Crippen LogP contribution in [0.4, 0.5) is 0 Å². The van der Waals surface area contributed by atoms with Gasteiger partial charge in [0.2, 0.25) is 0 Å². The van der Waals surface area contributed by atoms with Crippen molar-refractivity contribution in [3.63, 3.8) is 0 Å². The third-order valence-electron chi connectivity index (χ3n) is 6.04. The van der Waals surface area contributed by atoms with Gasteiger partial charge in [-0.3, -0.25) is 0 Å². The number of aliphatic imine (C=N–C) groups is 1. The van der Waals surface area contributed by atoms with E-state index in [1.54, 1.807) is 18.9 Å². The van der Waals surface area contributed by atoms with Crippen molar-refractivity contribution >= 4 is 34.7 Å². The molecule has 0 spiro atoms. The Hall–Kier alpha value is -3.81. The van der Waals surface area contributed by atoms with E-state index >= 15 is 0 Å². The van der Waals surface area contributed by atoms with Crippen molar-refractivity contribution in [1.29, 1.82) is 0 Å². The number of benzene rings is 3. The molecule has 2 heterocycles. The maximum Gasteiger partial charge on any atom is 0.338 e. The summed E-state index contributed by atoms with van der Waals surface area (Å²) in [5.41, 5.74) is 3.52. The van der Waals surface area contributed by atoms with E-state index in [0.29, 0.717) is 22.2 Å². The minimum Gasteiger partial charge on any atom is -0.497 e. The van der Waals surface area contributed by atoms with Gasteiger partial charge in [0.05, 0.1) is 31.0 Å². The van der Waals surface area contributed by atoms with E-state index in [9.17, 15) is 9.90 Å². The second-order valence-electron chi connectivity index (χ2n) is 8.26. The molecule has 0 amide bonds. The lowest BCUT2D eigenvalue weighted by Gasteiger charge is -2.36. The smallest absolute Gasteiger partial charge is 0.338 e. The summed E-state index contributed by atoms with van der Waals surface area (Å²) in [6, 6.07) is 26.4. The van der Waals surface area contributed by atoms with Crippen molar-refractivity contribution in [2.45, 2.75) is 19.2 Å². The summed E-state index contributed by atoms with van der Waals surface area (Å²) >= 11 is 1.41. The number of nitrogens with zero attached hydrogens (tertiary/aromatic N) is 2. The van der Waals surface area contributed by atoms with Gasteiger partial charge in [0.1, 0.15) is 5.75 Å². The number of rotatable bonds is 6. The number of aliphatic hydroxyl groups is 1. The highest BCUT2D eigenvalue weighted by molar-refractivity contribution is 8.17. The van der Waals surface area contributed by atoms with Gasteiger partial charge in [0.25, 0.3) is 0 Å². The van der Waals surface area contributed by atoms with Crippen LogP contribution in [0.3, 0.4) is 0 Å². The first-order valence-electron chi connectivity index (χ1n) is 11.7. The number of hydrogen-bond donors (Lipinski definition) is 1. The molecule has 182 valence electrons. The van der Waals surface area contributed by atoms with Gasteiger partial charge in [0.15, 0.2) is 11.4 Å². The summed E-state index contributed by atoms with van der Waals surface area (Å²) in [6.45, 7) is 2.01. The normalized spacial score (nSPS) is 20.2. The first kappa shape index (κ1) is 23.9. The number of aliphatic hydroxyl groups excluding tert-OH is 1. The van der Waals surface area contributed by atoms with Crippen LogP contribution in [-0.4, -0.2) is 41.1 Å². The van der Waals surface area contributed by atoms with Gasteiger partial charge in [-0.05, 0) is 48.4 Å². The second kappa shape index (κ2) is 10.4. The Morgan fingerprint density at radius 2 is 1.69 bits per heavy atom. The molecule has 1 saturated heterocycles. The number of hydrogen-bond acceptors (Lipinski definition) is 7. The number of carbonyl (C=O) groups excluding carboxylic acids is 1. The Labute approximate surface area is 214 Å². The molecule has 0 saturated carbocycles. The van der Waals surface area contributed by atoms with Crippen LogP contribution >= 0.6 is 11.8 Å². The molecule has 3 aromatic rings. The lowest BCUT2D eigenvalue weighted by Crippen LogP contribution is -2.41. The van der Waals surface area contributed by atoms with E-state index in [2.05, 4.69) is 0 Å². The van der Waals surface area contributed by atoms with Crippen molar-refractivity contribution in [2.75, 3.05) is 13.7 Å². The minimum atomic E-state index is -0.971. The zero-order chi connectivity index (χ0) is 25.1. The number of thioether (sulfide) groups is 1. The minimum absolute atomic E-state index is 0.229. The molecular formula is C29H26N2O4S. The van der Waals surface area contributed by atoms with Crippen LogP contribution in [0.1, 0.15) is 29.7 Å². The first-order valence-corrected chi connectivity index (χ1v) is 12.5. The average Bonchev–Trinajstić information content (AvgIpc) is 3.23. The largest absolute Gasteiger partial charge is 0.497 e.